The molecule has 0 fully saturated rings. The monoisotopic (exact) mass is 437 g/mol. The van der Waals surface area contributed by atoms with Crippen LogP contribution in [0.1, 0.15) is 30.5 Å². The summed E-state index contributed by atoms with van der Waals surface area (Å²) in [7, 11) is 0. The number of urea groups is 1. The Balaban J connectivity index is 1.68. The average Bonchev–Trinajstić information content (AvgIpc) is 2.81. The molecule has 3 aromatic rings. The van der Waals surface area contributed by atoms with E-state index in [2.05, 4.69) is 10.6 Å². The van der Waals surface area contributed by atoms with Crippen molar-refractivity contribution in [3.8, 4) is 0 Å². The van der Waals surface area contributed by atoms with Crippen molar-refractivity contribution in [2.24, 2.45) is 0 Å². The van der Waals surface area contributed by atoms with E-state index in [1.807, 2.05) is 67.6 Å². The van der Waals surface area contributed by atoms with Crippen molar-refractivity contribution >= 4 is 17.6 Å². The van der Waals surface area contributed by atoms with Crippen molar-refractivity contribution in [1.29, 1.82) is 0 Å². The van der Waals surface area contributed by atoms with Gasteiger partial charge in [0.05, 0.1) is 11.7 Å². The van der Waals surface area contributed by atoms with Crippen molar-refractivity contribution in [2.45, 2.75) is 25.9 Å². The predicted molar refractivity (Wildman–Crippen MR) is 120 cm³/mol. The first-order valence-electron chi connectivity index (χ1n) is 10.3. The number of amides is 3. The third-order valence-corrected chi connectivity index (χ3v) is 5.10. The number of carbonyl (C=O) groups excluding carboxylic acids is 2. The Morgan fingerprint density at radius 2 is 1.59 bits per heavy atom. The maximum atomic E-state index is 14.0. The minimum absolute atomic E-state index is 0.0727. The molecule has 7 heteroatoms. The van der Waals surface area contributed by atoms with Gasteiger partial charge in [-0.1, -0.05) is 60.7 Å². The lowest BCUT2D eigenvalue weighted by atomic mass is 10.1. The standard InChI is InChI=1S/C25H25F2N3O2/c1-18(20-10-6-3-7-11-20)30(25(32)29-23-13-12-21(26)16-22(23)27)15-14-24(31)28-17-19-8-4-2-5-9-19/h2-13,16,18H,14-15,17H2,1H3,(H,28,31)(H,29,32). The maximum Gasteiger partial charge on any atom is 0.322 e. The minimum Gasteiger partial charge on any atom is -0.352 e. The highest BCUT2D eigenvalue weighted by Crippen LogP contribution is 2.23. The van der Waals surface area contributed by atoms with Gasteiger partial charge in [0.1, 0.15) is 11.6 Å². The molecular formula is C25H25F2N3O2. The van der Waals surface area contributed by atoms with E-state index in [4.69, 9.17) is 0 Å². The first-order chi connectivity index (χ1) is 15.4. The molecule has 0 aliphatic carbocycles. The van der Waals surface area contributed by atoms with E-state index in [0.29, 0.717) is 12.6 Å². The molecule has 5 nitrogen and oxygen atoms in total. The molecule has 0 heterocycles. The second-order valence-electron chi connectivity index (χ2n) is 7.35. The molecule has 0 saturated carbocycles. The molecule has 1 atom stereocenters. The summed E-state index contributed by atoms with van der Waals surface area (Å²) in [6.07, 6.45) is 0.0727. The lowest BCUT2D eigenvalue weighted by molar-refractivity contribution is -0.121. The summed E-state index contributed by atoms with van der Waals surface area (Å²) in [6.45, 7) is 2.34. The highest BCUT2D eigenvalue weighted by atomic mass is 19.1. The largest absolute Gasteiger partial charge is 0.352 e. The van der Waals surface area contributed by atoms with Gasteiger partial charge in [-0.15, -0.1) is 0 Å². The lowest BCUT2D eigenvalue weighted by Crippen LogP contribution is -2.39. The van der Waals surface area contributed by atoms with Gasteiger partial charge in [0.15, 0.2) is 0 Å². The molecule has 0 radical (unpaired) electrons. The van der Waals surface area contributed by atoms with E-state index >= 15 is 0 Å². The second-order valence-corrected chi connectivity index (χ2v) is 7.35. The number of halogens is 2. The molecule has 1 unspecified atom stereocenters. The van der Waals surface area contributed by atoms with Gasteiger partial charge < -0.3 is 15.5 Å². The van der Waals surface area contributed by atoms with Crippen LogP contribution in [0.25, 0.3) is 0 Å². The molecule has 32 heavy (non-hydrogen) atoms. The number of carbonyl (C=O) groups is 2. The molecule has 3 rings (SSSR count). The molecule has 0 saturated heterocycles. The number of benzene rings is 3. The average molecular weight is 437 g/mol. The molecule has 3 aromatic carbocycles. The van der Waals surface area contributed by atoms with Crippen molar-refractivity contribution in [3.05, 3.63) is 102 Å². The van der Waals surface area contributed by atoms with E-state index in [1.165, 1.54) is 11.0 Å². The van der Waals surface area contributed by atoms with E-state index in [0.717, 1.165) is 17.2 Å². The predicted octanol–water partition coefficient (Wildman–Crippen LogP) is 5.27. The molecule has 166 valence electrons. The van der Waals surface area contributed by atoms with Gasteiger partial charge in [-0.05, 0) is 30.2 Å². The van der Waals surface area contributed by atoms with Crippen molar-refractivity contribution in [3.63, 3.8) is 0 Å². The molecule has 3 amide bonds. The van der Waals surface area contributed by atoms with Crippen molar-refractivity contribution in [2.75, 3.05) is 11.9 Å². The quantitative estimate of drug-likeness (QED) is 0.505. The zero-order chi connectivity index (χ0) is 22.9. The van der Waals surface area contributed by atoms with Crippen LogP contribution in [-0.2, 0) is 11.3 Å². The fourth-order valence-corrected chi connectivity index (χ4v) is 3.27. The first-order valence-corrected chi connectivity index (χ1v) is 10.3. The van der Waals surface area contributed by atoms with Crippen LogP contribution in [-0.4, -0.2) is 23.4 Å². The Labute approximate surface area is 186 Å². The lowest BCUT2D eigenvalue weighted by Gasteiger charge is -2.30. The van der Waals surface area contributed by atoms with Crippen LogP contribution < -0.4 is 10.6 Å². The Hall–Kier alpha value is -3.74. The molecule has 0 spiro atoms. The number of anilines is 1. The van der Waals surface area contributed by atoms with Crippen LogP contribution >= 0.6 is 0 Å². The normalized spacial score (nSPS) is 11.5. The molecular weight excluding hydrogens is 412 g/mol. The van der Waals surface area contributed by atoms with Gasteiger partial charge in [0, 0.05) is 25.6 Å². The number of hydrogen-bond acceptors (Lipinski definition) is 2. The van der Waals surface area contributed by atoms with Crippen LogP contribution in [0.4, 0.5) is 19.3 Å². The number of nitrogens with one attached hydrogen (secondary N) is 2. The second kappa shape index (κ2) is 11.0. The van der Waals surface area contributed by atoms with Gasteiger partial charge in [-0.2, -0.15) is 0 Å². The molecule has 0 bridgehead atoms. The SMILES string of the molecule is CC(c1ccccc1)N(CCC(=O)NCc1ccccc1)C(=O)Nc1ccc(F)cc1F. The molecule has 0 aliphatic heterocycles. The zero-order valence-corrected chi connectivity index (χ0v) is 17.7. The Morgan fingerprint density at radius 1 is 0.938 bits per heavy atom. The fourth-order valence-electron chi connectivity index (χ4n) is 3.27. The van der Waals surface area contributed by atoms with Crippen molar-refractivity contribution < 1.29 is 18.4 Å². The molecule has 2 N–H and O–H groups in total. The summed E-state index contributed by atoms with van der Waals surface area (Å²) in [6, 6.07) is 20.8. The molecule has 0 aliphatic rings. The summed E-state index contributed by atoms with van der Waals surface area (Å²) in [5.41, 5.74) is 1.71. The van der Waals surface area contributed by atoms with E-state index in [1.54, 1.807) is 0 Å². The maximum absolute atomic E-state index is 14.0. The highest BCUT2D eigenvalue weighted by molar-refractivity contribution is 5.90. The summed E-state index contributed by atoms with van der Waals surface area (Å²) in [5.74, 6) is -1.81. The highest BCUT2D eigenvalue weighted by Gasteiger charge is 2.23. The summed E-state index contributed by atoms with van der Waals surface area (Å²) in [5, 5.41) is 5.32. The minimum atomic E-state index is -0.869. The molecule has 0 aromatic heterocycles. The first kappa shape index (κ1) is 22.9. The van der Waals surface area contributed by atoms with E-state index in [9.17, 15) is 18.4 Å². The van der Waals surface area contributed by atoms with E-state index < -0.39 is 17.7 Å². The third-order valence-electron chi connectivity index (χ3n) is 5.10. The van der Waals surface area contributed by atoms with Crippen LogP contribution in [0, 0.1) is 11.6 Å². The summed E-state index contributed by atoms with van der Waals surface area (Å²) in [4.78, 5) is 26.8. The summed E-state index contributed by atoms with van der Waals surface area (Å²) >= 11 is 0. The fraction of sp³-hybridized carbons (Fsp3) is 0.200. The van der Waals surface area contributed by atoms with Gasteiger partial charge in [0.2, 0.25) is 5.91 Å². The third kappa shape index (κ3) is 6.38. The van der Waals surface area contributed by atoms with Crippen LogP contribution in [0.5, 0.6) is 0 Å². The van der Waals surface area contributed by atoms with Crippen molar-refractivity contribution in [1.82, 2.24) is 10.2 Å². The topological polar surface area (TPSA) is 61.4 Å². The number of rotatable bonds is 8. The number of nitrogens with zero attached hydrogens (tertiary/aromatic N) is 1. The van der Waals surface area contributed by atoms with E-state index in [-0.39, 0.29) is 30.6 Å². The summed E-state index contributed by atoms with van der Waals surface area (Å²) < 4.78 is 27.2. The zero-order valence-electron chi connectivity index (χ0n) is 17.7. The smallest absolute Gasteiger partial charge is 0.322 e. The van der Waals surface area contributed by atoms with Crippen LogP contribution in [0.2, 0.25) is 0 Å². The Morgan fingerprint density at radius 3 is 2.25 bits per heavy atom. The van der Waals surface area contributed by atoms with Gasteiger partial charge >= 0.3 is 6.03 Å². The van der Waals surface area contributed by atoms with Gasteiger partial charge in [-0.25, -0.2) is 13.6 Å². The van der Waals surface area contributed by atoms with Gasteiger partial charge in [-0.3, -0.25) is 4.79 Å². The Bertz CT molecular complexity index is 1050. The van der Waals surface area contributed by atoms with Gasteiger partial charge in [0.25, 0.3) is 0 Å². The number of hydrogen-bond donors (Lipinski definition) is 2. The van der Waals surface area contributed by atoms with Crippen LogP contribution in [0.15, 0.2) is 78.9 Å². The Kier molecular flexibility index (Phi) is 7.91. The van der Waals surface area contributed by atoms with Crippen LogP contribution in [0.3, 0.4) is 0 Å².